The Morgan fingerprint density at radius 2 is 1.94 bits per heavy atom. The molecule has 1 aromatic carbocycles. The normalized spacial score (nSPS) is 9.06. The Kier molecular flexibility index (Phi) is 5.07. The molecule has 0 saturated carbocycles. The third kappa shape index (κ3) is 4.61. The number of rotatable bonds is 3. The van der Waals surface area contributed by atoms with Crippen molar-refractivity contribution in [3.8, 4) is 0 Å². The summed E-state index contributed by atoms with van der Waals surface area (Å²) in [5.74, 6) is -0.193. The minimum atomic E-state index is -0.193. The van der Waals surface area contributed by atoms with Gasteiger partial charge in [0.1, 0.15) is 0 Å². The minimum absolute atomic E-state index is 0.184. The fourth-order valence-corrected chi connectivity index (χ4v) is 1.02. The number of carbonyl (C=O) groups excluding carboxylic acids is 1. The number of benzene rings is 1. The van der Waals surface area contributed by atoms with Gasteiger partial charge in [-0.2, -0.15) is 0 Å². The van der Waals surface area contributed by atoms with Crippen molar-refractivity contribution in [2.24, 2.45) is 0 Å². The highest BCUT2D eigenvalue weighted by Gasteiger charge is 2.00. The lowest BCUT2D eigenvalue weighted by atomic mass is 10.3. The summed E-state index contributed by atoms with van der Waals surface area (Å²) < 4.78 is 0. The van der Waals surface area contributed by atoms with Gasteiger partial charge in [-0.3, -0.25) is 15.6 Å². The molecule has 6 heteroatoms. The molecule has 0 saturated heterocycles. The van der Waals surface area contributed by atoms with Crippen LogP contribution >= 0.6 is 12.2 Å². The van der Waals surface area contributed by atoms with Gasteiger partial charge in [-0.15, -0.1) is 0 Å². The van der Waals surface area contributed by atoms with E-state index in [1.54, 1.807) is 7.05 Å². The summed E-state index contributed by atoms with van der Waals surface area (Å²) in [5.41, 5.74) is 5.89. The zero-order valence-corrected chi connectivity index (χ0v) is 9.73. The number of thiocarbonyl (C=S) groups is 1. The molecular weight excluding hydrogens is 224 g/mol. The zero-order valence-electron chi connectivity index (χ0n) is 8.91. The largest absolute Gasteiger partial charge is 0.376 e. The monoisotopic (exact) mass is 238 g/mol. The van der Waals surface area contributed by atoms with Gasteiger partial charge in [-0.05, 0) is 24.4 Å². The summed E-state index contributed by atoms with van der Waals surface area (Å²) in [6, 6.07) is 9.49. The first-order valence-corrected chi connectivity index (χ1v) is 5.18. The van der Waals surface area contributed by atoms with E-state index in [0.29, 0.717) is 5.11 Å². The average Bonchev–Trinajstić information content (AvgIpc) is 2.34. The summed E-state index contributed by atoms with van der Waals surface area (Å²) in [6.45, 7) is 0.184. The second-order valence-corrected chi connectivity index (χ2v) is 3.38. The summed E-state index contributed by atoms with van der Waals surface area (Å²) in [5, 5.41) is 6.02. The smallest absolute Gasteiger partial charge is 0.257 e. The molecule has 0 spiro atoms. The number of hydrogen-bond donors (Lipinski definition) is 4. The fourth-order valence-electron chi connectivity index (χ4n) is 0.972. The average molecular weight is 238 g/mol. The highest BCUT2D eigenvalue weighted by molar-refractivity contribution is 7.80. The molecule has 0 aliphatic heterocycles. The van der Waals surface area contributed by atoms with Crippen molar-refractivity contribution in [3.05, 3.63) is 30.3 Å². The van der Waals surface area contributed by atoms with Crippen LogP contribution in [0, 0.1) is 0 Å². The zero-order chi connectivity index (χ0) is 11.8. The molecule has 0 aromatic heterocycles. The van der Waals surface area contributed by atoms with Crippen LogP contribution in [0.5, 0.6) is 0 Å². The van der Waals surface area contributed by atoms with Gasteiger partial charge < -0.3 is 10.6 Å². The first-order valence-electron chi connectivity index (χ1n) is 4.78. The van der Waals surface area contributed by atoms with Gasteiger partial charge >= 0.3 is 0 Å². The Balaban J connectivity index is 2.23. The van der Waals surface area contributed by atoms with Gasteiger partial charge in [0, 0.05) is 12.7 Å². The minimum Gasteiger partial charge on any atom is -0.376 e. The Labute approximate surface area is 99.6 Å². The summed E-state index contributed by atoms with van der Waals surface area (Å²) in [4.78, 5) is 11.3. The maximum Gasteiger partial charge on any atom is 0.257 e. The molecule has 0 heterocycles. The Morgan fingerprint density at radius 3 is 2.56 bits per heavy atom. The van der Waals surface area contributed by atoms with Crippen LogP contribution in [0.4, 0.5) is 5.69 Å². The molecule has 16 heavy (non-hydrogen) atoms. The maximum absolute atomic E-state index is 11.3. The van der Waals surface area contributed by atoms with Crippen molar-refractivity contribution in [1.29, 1.82) is 0 Å². The molecule has 0 radical (unpaired) electrons. The Morgan fingerprint density at radius 1 is 1.25 bits per heavy atom. The van der Waals surface area contributed by atoms with Gasteiger partial charge in [-0.25, -0.2) is 0 Å². The van der Waals surface area contributed by atoms with Crippen molar-refractivity contribution in [2.75, 3.05) is 18.9 Å². The van der Waals surface area contributed by atoms with E-state index in [0.717, 1.165) is 5.69 Å². The number of nitrogens with one attached hydrogen (secondary N) is 4. The van der Waals surface area contributed by atoms with E-state index in [-0.39, 0.29) is 12.5 Å². The van der Waals surface area contributed by atoms with Gasteiger partial charge in [0.15, 0.2) is 5.11 Å². The van der Waals surface area contributed by atoms with E-state index in [1.807, 2.05) is 30.3 Å². The number of hydrazine groups is 1. The fraction of sp³-hybridized carbons (Fsp3) is 0.200. The highest BCUT2D eigenvalue weighted by atomic mass is 32.1. The molecule has 0 aliphatic rings. The van der Waals surface area contributed by atoms with Gasteiger partial charge in [0.2, 0.25) is 0 Å². The first kappa shape index (κ1) is 12.3. The molecule has 0 atom stereocenters. The lowest BCUT2D eigenvalue weighted by Gasteiger charge is -2.09. The van der Waals surface area contributed by atoms with E-state index in [1.165, 1.54) is 0 Å². The van der Waals surface area contributed by atoms with E-state index < -0.39 is 0 Å². The predicted octanol–water partition coefficient (Wildman–Crippen LogP) is 0.224. The molecule has 0 unspecified atom stereocenters. The molecule has 1 aromatic rings. The summed E-state index contributed by atoms with van der Waals surface area (Å²) in [7, 11) is 1.67. The molecule has 86 valence electrons. The summed E-state index contributed by atoms with van der Waals surface area (Å²) >= 11 is 4.79. The Hall–Kier alpha value is -1.82. The van der Waals surface area contributed by atoms with E-state index in [4.69, 9.17) is 12.2 Å². The highest BCUT2D eigenvalue weighted by Crippen LogP contribution is 2.03. The number of hydrogen-bond acceptors (Lipinski definition) is 3. The number of amides is 1. The van der Waals surface area contributed by atoms with Crippen molar-refractivity contribution >= 4 is 28.9 Å². The Bertz CT molecular complexity index is 355. The van der Waals surface area contributed by atoms with Crippen LogP contribution in [0.2, 0.25) is 0 Å². The molecule has 1 amide bonds. The second-order valence-electron chi connectivity index (χ2n) is 2.97. The quantitative estimate of drug-likeness (QED) is 0.448. The number of para-hydroxylation sites is 1. The van der Waals surface area contributed by atoms with Crippen LogP contribution in [-0.4, -0.2) is 24.6 Å². The van der Waals surface area contributed by atoms with Crippen LogP contribution in [-0.2, 0) is 4.79 Å². The summed E-state index contributed by atoms with van der Waals surface area (Å²) in [6.07, 6.45) is 0. The van der Waals surface area contributed by atoms with Gasteiger partial charge in [0.25, 0.3) is 5.91 Å². The molecule has 0 bridgehead atoms. The van der Waals surface area contributed by atoms with Crippen molar-refractivity contribution < 1.29 is 4.79 Å². The first-order chi connectivity index (χ1) is 7.72. The third-order valence-corrected chi connectivity index (χ3v) is 2.08. The van der Waals surface area contributed by atoms with Crippen LogP contribution in [0.25, 0.3) is 0 Å². The van der Waals surface area contributed by atoms with Gasteiger partial charge in [-0.1, -0.05) is 18.2 Å². The maximum atomic E-state index is 11.3. The molecular formula is C10H14N4OS. The number of carbonyl (C=O) groups is 1. The lowest BCUT2D eigenvalue weighted by molar-refractivity contribution is -0.119. The SMILES string of the molecule is CNC(=S)NNC(=O)CNc1ccccc1. The van der Waals surface area contributed by atoms with Crippen LogP contribution in [0.15, 0.2) is 30.3 Å². The van der Waals surface area contributed by atoms with Crippen LogP contribution in [0.3, 0.4) is 0 Å². The van der Waals surface area contributed by atoms with E-state index >= 15 is 0 Å². The van der Waals surface area contributed by atoms with Crippen LogP contribution < -0.4 is 21.5 Å². The molecule has 0 fully saturated rings. The van der Waals surface area contributed by atoms with Crippen LogP contribution in [0.1, 0.15) is 0 Å². The van der Waals surface area contributed by atoms with Crippen molar-refractivity contribution in [3.63, 3.8) is 0 Å². The van der Waals surface area contributed by atoms with Crippen molar-refractivity contribution in [1.82, 2.24) is 16.2 Å². The third-order valence-electron chi connectivity index (χ3n) is 1.77. The molecule has 5 nitrogen and oxygen atoms in total. The number of anilines is 1. The molecule has 1 rings (SSSR count). The lowest BCUT2D eigenvalue weighted by Crippen LogP contribution is -2.47. The second kappa shape index (κ2) is 6.62. The topological polar surface area (TPSA) is 65.2 Å². The standard InChI is InChI=1S/C10H14N4OS/c1-11-10(16)14-13-9(15)7-12-8-5-3-2-4-6-8/h2-6,12H,7H2,1H3,(H,13,15)(H2,11,14,16). The predicted molar refractivity (Wildman–Crippen MR) is 67.9 cm³/mol. The van der Waals surface area contributed by atoms with Crippen molar-refractivity contribution in [2.45, 2.75) is 0 Å². The van der Waals surface area contributed by atoms with E-state index in [9.17, 15) is 4.79 Å². The van der Waals surface area contributed by atoms with E-state index in [2.05, 4.69) is 21.5 Å². The molecule has 4 N–H and O–H groups in total. The molecule has 0 aliphatic carbocycles. The van der Waals surface area contributed by atoms with Gasteiger partial charge in [0.05, 0.1) is 6.54 Å².